The van der Waals surface area contributed by atoms with E-state index >= 15 is 0 Å². The van der Waals surface area contributed by atoms with Crippen LogP contribution in [-0.4, -0.2) is 43.4 Å². The van der Waals surface area contributed by atoms with E-state index in [-0.39, 0.29) is 24.4 Å². The van der Waals surface area contributed by atoms with Crippen LogP contribution in [0.25, 0.3) is 0 Å². The Morgan fingerprint density at radius 1 is 0.938 bits per heavy atom. The van der Waals surface area contributed by atoms with Gasteiger partial charge in [-0.1, -0.05) is 38.1 Å². The zero-order valence-electron chi connectivity index (χ0n) is 19.6. The predicted octanol–water partition coefficient (Wildman–Crippen LogP) is 4.22. The number of rotatable bonds is 10. The fourth-order valence-electron chi connectivity index (χ4n) is 4.50. The van der Waals surface area contributed by atoms with Gasteiger partial charge in [-0.3, -0.25) is 0 Å². The standard InChI is InChI=1S/C25H35NO5S/c1-18(24(27)21-14-25(2,3)15-21)32(28,29)26(16-19-6-10-22(30-4)11-7-19)17-20-8-12-23(31-5)13-9-20/h6-13,18,21,24,27H,14-17H2,1-5H3/t18-,24+/m1/s1. The second kappa shape index (κ2) is 9.81. The van der Waals surface area contributed by atoms with E-state index < -0.39 is 21.4 Å². The third-order valence-electron chi connectivity index (χ3n) is 6.46. The molecule has 0 bridgehead atoms. The highest BCUT2D eigenvalue weighted by molar-refractivity contribution is 7.89. The number of benzene rings is 2. The van der Waals surface area contributed by atoms with Crippen LogP contribution >= 0.6 is 0 Å². The summed E-state index contributed by atoms with van der Waals surface area (Å²) in [5.41, 5.74) is 1.88. The Morgan fingerprint density at radius 3 is 1.69 bits per heavy atom. The molecule has 1 aliphatic rings. The van der Waals surface area contributed by atoms with Crippen molar-refractivity contribution in [2.45, 2.75) is 58.1 Å². The minimum absolute atomic E-state index is 0.0126. The number of aliphatic hydroxyl groups is 1. The van der Waals surface area contributed by atoms with Crippen molar-refractivity contribution in [3.8, 4) is 11.5 Å². The predicted molar refractivity (Wildman–Crippen MR) is 126 cm³/mol. The van der Waals surface area contributed by atoms with Gasteiger partial charge < -0.3 is 14.6 Å². The van der Waals surface area contributed by atoms with E-state index in [1.165, 1.54) is 4.31 Å². The molecule has 0 aromatic heterocycles. The second-order valence-corrected chi connectivity index (χ2v) is 11.8. The van der Waals surface area contributed by atoms with Gasteiger partial charge in [-0.15, -0.1) is 0 Å². The minimum Gasteiger partial charge on any atom is -0.497 e. The Bertz CT molecular complexity index is 928. The summed E-state index contributed by atoms with van der Waals surface area (Å²) >= 11 is 0. The van der Waals surface area contributed by atoms with Crippen molar-refractivity contribution in [1.29, 1.82) is 0 Å². The lowest BCUT2D eigenvalue weighted by atomic mass is 9.62. The van der Waals surface area contributed by atoms with Crippen LogP contribution in [0.2, 0.25) is 0 Å². The van der Waals surface area contributed by atoms with E-state index in [9.17, 15) is 13.5 Å². The fraction of sp³-hybridized carbons (Fsp3) is 0.520. The summed E-state index contributed by atoms with van der Waals surface area (Å²) in [5.74, 6) is 1.45. The number of ether oxygens (including phenoxy) is 2. The summed E-state index contributed by atoms with van der Waals surface area (Å²) in [6.45, 7) is 6.35. The van der Waals surface area contributed by atoms with Gasteiger partial charge >= 0.3 is 0 Å². The van der Waals surface area contributed by atoms with Gasteiger partial charge in [0.25, 0.3) is 0 Å². The summed E-state index contributed by atoms with van der Waals surface area (Å²) in [7, 11) is -0.571. The first-order valence-corrected chi connectivity index (χ1v) is 12.5. The Balaban J connectivity index is 1.84. The van der Waals surface area contributed by atoms with Crippen molar-refractivity contribution < 1.29 is 23.0 Å². The maximum Gasteiger partial charge on any atom is 0.219 e. The van der Waals surface area contributed by atoms with Gasteiger partial charge in [0.2, 0.25) is 10.0 Å². The van der Waals surface area contributed by atoms with Crippen molar-refractivity contribution >= 4 is 10.0 Å². The Labute approximate surface area is 192 Å². The molecular formula is C25H35NO5S. The molecular weight excluding hydrogens is 426 g/mol. The summed E-state index contributed by atoms with van der Waals surface area (Å²) in [6, 6.07) is 14.8. The second-order valence-electron chi connectivity index (χ2n) is 9.54. The zero-order valence-corrected chi connectivity index (χ0v) is 20.4. The molecule has 32 heavy (non-hydrogen) atoms. The smallest absolute Gasteiger partial charge is 0.219 e. The van der Waals surface area contributed by atoms with Gasteiger partial charge in [0.05, 0.1) is 25.6 Å². The molecule has 0 spiro atoms. The monoisotopic (exact) mass is 461 g/mol. The number of hydrogen-bond acceptors (Lipinski definition) is 5. The average Bonchev–Trinajstić information content (AvgIpc) is 2.76. The van der Waals surface area contributed by atoms with Gasteiger partial charge in [0, 0.05) is 13.1 Å². The molecule has 2 aromatic rings. The van der Waals surface area contributed by atoms with E-state index in [0.717, 1.165) is 35.5 Å². The number of nitrogens with zero attached hydrogens (tertiary/aromatic N) is 1. The fourth-order valence-corrected chi connectivity index (χ4v) is 6.20. The maximum atomic E-state index is 13.6. The largest absolute Gasteiger partial charge is 0.497 e. The molecule has 0 radical (unpaired) electrons. The molecule has 2 atom stereocenters. The molecule has 176 valence electrons. The van der Waals surface area contributed by atoms with Crippen LogP contribution in [-0.2, 0) is 23.1 Å². The number of hydrogen-bond donors (Lipinski definition) is 1. The quantitative estimate of drug-likeness (QED) is 0.573. The summed E-state index contributed by atoms with van der Waals surface area (Å²) < 4.78 is 39.2. The molecule has 7 heteroatoms. The Morgan fingerprint density at radius 2 is 1.34 bits per heavy atom. The van der Waals surface area contributed by atoms with Gasteiger partial charge in [-0.05, 0) is 66.5 Å². The molecule has 1 N–H and O–H groups in total. The highest BCUT2D eigenvalue weighted by atomic mass is 32.2. The topological polar surface area (TPSA) is 76.1 Å². The van der Waals surface area contributed by atoms with Crippen molar-refractivity contribution in [1.82, 2.24) is 4.31 Å². The van der Waals surface area contributed by atoms with Crippen LogP contribution in [0, 0.1) is 11.3 Å². The molecule has 0 heterocycles. The third-order valence-corrected chi connectivity index (χ3v) is 8.66. The summed E-state index contributed by atoms with van der Waals surface area (Å²) in [4.78, 5) is 0. The number of methoxy groups -OCH3 is 2. The lowest BCUT2D eigenvalue weighted by molar-refractivity contribution is -0.0136. The van der Waals surface area contributed by atoms with Gasteiger partial charge in [0.1, 0.15) is 11.5 Å². The maximum absolute atomic E-state index is 13.6. The molecule has 0 unspecified atom stereocenters. The van der Waals surface area contributed by atoms with Crippen molar-refractivity contribution in [3.63, 3.8) is 0 Å². The molecule has 6 nitrogen and oxygen atoms in total. The first-order valence-electron chi connectivity index (χ1n) is 11.0. The van der Waals surface area contributed by atoms with Crippen LogP contribution in [0.3, 0.4) is 0 Å². The van der Waals surface area contributed by atoms with Crippen molar-refractivity contribution in [2.75, 3.05) is 14.2 Å². The lowest BCUT2D eigenvalue weighted by Crippen LogP contribution is -2.49. The Kier molecular flexibility index (Phi) is 7.53. The highest BCUT2D eigenvalue weighted by Crippen LogP contribution is 2.47. The van der Waals surface area contributed by atoms with Crippen molar-refractivity contribution in [3.05, 3.63) is 59.7 Å². The molecule has 1 saturated carbocycles. The van der Waals surface area contributed by atoms with Crippen LogP contribution in [0.4, 0.5) is 0 Å². The van der Waals surface area contributed by atoms with E-state index in [1.807, 2.05) is 48.5 Å². The molecule has 3 rings (SSSR count). The van der Waals surface area contributed by atoms with E-state index in [2.05, 4.69) is 13.8 Å². The van der Waals surface area contributed by atoms with Crippen LogP contribution < -0.4 is 9.47 Å². The van der Waals surface area contributed by atoms with Crippen LogP contribution in [0.15, 0.2) is 48.5 Å². The Hall–Kier alpha value is -2.09. The average molecular weight is 462 g/mol. The van der Waals surface area contributed by atoms with Gasteiger partial charge in [0.15, 0.2) is 0 Å². The SMILES string of the molecule is COc1ccc(CN(Cc2ccc(OC)cc2)S(=O)(=O)[C@H](C)[C@H](O)C2CC(C)(C)C2)cc1. The molecule has 0 amide bonds. The first kappa shape index (κ1) is 24.6. The third kappa shape index (κ3) is 5.63. The normalized spacial score (nSPS) is 18.1. The highest BCUT2D eigenvalue weighted by Gasteiger charge is 2.45. The molecule has 1 aliphatic carbocycles. The van der Waals surface area contributed by atoms with Crippen molar-refractivity contribution in [2.24, 2.45) is 11.3 Å². The van der Waals surface area contributed by atoms with Gasteiger partial charge in [-0.2, -0.15) is 4.31 Å². The van der Waals surface area contributed by atoms with E-state index in [4.69, 9.17) is 9.47 Å². The number of sulfonamides is 1. The van der Waals surface area contributed by atoms with E-state index in [0.29, 0.717) is 0 Å². The zero-order chi connectivity index (χ0) is 23.5. The number of aliphatic hydroxyl groups excluding tert-OH is 1. The minimum atomic E-state index is -3.77. The molecule has 1 fully saturated rings. The first-order chi connectivity index (χ1) is 15.1. The summed E-state index contributed by atoms with van der Waals surface area (Å²) in [6.07, 6.45) is 0.790. The molecule has 0 aliphatic heterocycles. The van der Waals surface area contributed by atoms with E-state index in [1.54, 1.807) is 21.1 Å². The molecule has 0 saturated heterocycles. The lowest BCUT2D eigenvalue weighted by Gasteiger charge is -2.46. The summed E-state index contributed by atoms with van der Waals surface area (Å²) in [5, 5.41) is 10.00. The van der Waals surface area contributed by atoms with Crippen LogP contribution in [0.5, 0.6) is 11.5 Å². The van der Waals surface area contributed by atoms with Crippen LogP contribution in [0.1, 0.15) is 44.7 Å². The van der Waals surface area contributed by atoms with Gasteiger partial charge in [-0.25, -0.2) is 8.42 Å². The molecule has 2 aromatic carbocycles.